The van der Waals surface area contributed by atoms with Crippen LogP contribution in [0.4, 0.5) is 5.69 Å². The molecule has 2 aromatic rings. The van der Waals surface area contributed by atoms with Crippen LogP contribution in [0.3, 0.4) is 0 Å². The first kappa shape index (κ1) is 28.5. The Morgan fingerprint density at radius 3 is 2.31 bits per heavy atom. The average molecular weight is 567 g/mol. The molecule has 2 rings (SSSR count). The van der Waals surface area contributed by atoms with Gasteiger partial charge in [-0.2, -0.15) is 0 Å². The van der Waals surface area contributed by atoms with Gasteiger partial charge < -0.3 is 10.2 Å². The molecule has 190 valence electrons. The molecule has 0 aliphatic rings. The summed E-state index contributed by atoms with van der Waals surface area (Å²) in [5, 5.41) is 2.84. The predicted octanol–water partition coefficient (Wildman–Crippen LogP) is 3.75. The second-order valence-corrected chi connectivity index (χ2v) is 11.2. The van der Waals surface area contributed by atoms with E-state index in [-0.39, 0.29) is 23.9 Å². The van der Waals surface area contributed by atoms with Gasteiger partial charge >= 0.3 is 0 Å². The number of carbonyl (C=O) groups is 3. The van der Waals surface area contributed by atoms with Crippen LogP contribution in [0.5, 0.6) is 0 Å². The van der Waals surface area contributed by atoms with Crippen LogP contribution in [0, 0.1) is 0 Å². The molecule has 0 bridgehead atoms. The molecule has 0 fully saturated rings. The molecule has 2 aromatic carbocycles. The highest BCUT2D eigenvalue weighted by Gasteiger charge is 2.30. The molecular weight excluding hydrogens is 534 g/mol. The third-order valence-electron chi connectivity index (χ3n) is 5.48. The molecule has 8 nitrogen and oxygen atoms in total. The maximum Gasteiger partial charge on any atom is 0.244 e. The van der Waals surface area contributed by atoms with Gasteiger partial charge in [-0.05, 0) is 50.1 Å². The molecule has 10 heteroatoms. The summed E-state index contributed by atoms with van der Waals surface area (Å²) in [4.78, 5) is 39.5. The molecule has 0 aliphatic heterocycles. The summed E-state index contributed by atoms with van der Waals surface area (Å²) in [7, 11) is -3.86. The number of halogens is 1. The van der Waals surface area contributed by atoms with Crippen molar-refractivity contribution in [2.45, 2.75) is 46.2 Å². The number of rotatable bonds is 12. The highest BCUT2D eigenvalue weighted by Crippen LogP contribution is 2.21. The molecule has 2 amide bonds. The molecule has 0 aromatic heterocycles. The standard InChI is InChI=1S/C25H32BrN3O5S/c1-5-6-14-27-25(32)18(2)28(16-20-10-12-22(26)13-11-20)24(31)17-29(35(4,33)34)23-9-7-8-21(15-23)19(3)30/h7-13,15,18H,5-6,14,16-17H2,1-4H3,(H,27,32). The van der Waals surface area contributed by atoms with E-state index < -0.39 is 28.5 Å². The van der Waals surface area contributed by atoms with Gasteiger partial charge in [-0.3, -0.25) is 18.7 Å². The Balaban J connectivity index is 2.38. The second kappa shape index (κ2) is 12.8. The predicted molar refractivity (Wildman–Crippen MR) is 141 cm³/mol. The van der Waals surface area contributed by atoms with E-state index in [1.165, 1.54) is 24.0 Å². The van der Waals surface area contributed by atoms with Gasteiger partial charge in [-0.1, -0.05) is 53.5 Å². The third kappa shape index (κ3) is 8.47. The van der Waals surface area contributed by atoms with Gasteiger partial charge in [0.05, 0.1) is 11.9 Å². The van der Waals surface area contributed by atoms with Crippen LogP contribution < -0.4 is 9.62 Å². The van der Waals surface area contributed by atoms with E-state index in [0.29, 0.717) is 12.1 Å². The van der Waals surface area contributed by atoms with Crippen molar-refractivity contribution in [3.63, 3.8) is 0 Å². The van der Waals surface area contributed by atoms with Crippen LogP contribution in [0.15, 0.2) is 53.0 Å². The summed E-state index contributed by atoms with van der Waals surface area (Å²) < 4.78 is 27.1. The van der Waals surface area contributed by atoms with Crippen molar-refractivity contribution in [1.29, 1.82) is 0 Å². The van der Waals surface area contributed by atoms with Crippen LogP contribution in [-0.4, -0.2) is 56.3 Å². The Morgan fingerprint density at radius 2 is 1.74 bits per heavy atom. The normalized spacial score (nSPS) is 12.0. The molecule has 0 saturated heterocycles. The Kier molecular flexibility index (Phi) is 10.5. The number of unbranched alkanes of at least 4 members (excludes halogenated alkanes) is 1. The number of Topliss-reactive ketones (excluding diaryl/α,β-unsaturated/α-hetero) is 1. The Hall–Kier alpha value is -2.72. The highest BCUT2D eigenvalue weighted by atomic mass is 79.9. The minimum Gasteiger partial charge on any atom is -0.354 e. The van der Waals surface area contributed by atoms with Gasteiger partial charge in [-0.15, -0.1) is 0 Å². The molecule has 1 N–H and O–H groups in total. The molecule has 0 saturated carbocycles. The van der Waals surface area contributed by atoms with Gasteiger partial charge in [0, 0.05) is 23.1 Å². The van der Waals surface area contributed by atoms with Crippen molar-refractivity contribution < 1.29 is 22.8 Å². The zero-order chi connectivity index (χ0) is 26.2. The first-order chi connectivity index (χ1) is 16.4. The van der Waals surface area contributed by atoms with Crippen LogP contribution in [0.25, 0.3) is 0 Å². The van der Waals surface area contributed by atoms with Gasteiger partial charge in [0.15, 0.2) is 5.78 Å². The second-order valence-electron chi connectivity index (χ2n) is 8.34. The van der Waals surface area contributed by atoms with Gasteiger partial charge in [0.2, 0.25) is 21.8 Å². The van der Waals surface area contributed by atoms with E-state index >= 15 is 0 Å². The van der Waals surface area contributed by atoms with Crippen molar-refractivity contribution in [3.05, 3.63) is 64.1 Å². The first-order valence-corrected chi connectivity index (χ1v) is 14.0. The molecule has 0 spiro atoms. The number of hydrogen-bond donors (Lipinski definition) is 1. The van der Waals surface area contributed by atoms with Crippen molar-refractivity contribution >= 4 is 49.2 Å². The fourth-order valence-electron chi connectivity index (χ4n) is 3.40. The van der Waals surface area contributed by atoms with E-state index in [0.717, 1.165) is 33.4 Å². The van der Waals surface area contributed by atoms with E-state index in [4.69, 9.17) is 0 Å². The minimum absolute atomic E-state index is 0.125. The average Bonchev–Trinajstić information content (AvgIpc) is 2.81. The number of ketones is 1. The molecule has 0 radical (unpaired) electrons. The summed E-state index contributed by atoms with van der Waals surface area (Å²) in [5.41, 5.74) is 1.33. The third-order valence-corrected chi connectivity index (χ3v) is 7.15. The van der Waals surface area contributed by atoms with Crippen LogP contribution in [0.1, 0.15) is 49.5 Å². The Bertz CT molecular complexity index is 1150. The van der Waals surface area contributed by atoms with Crippen LogP contribution >= 0.6 is 15.9 Å². The molecule has 35 heavy (non-hydrogen) atoms. The zero-order valence-electron chi connectivity index (χ0n) is 20.5. The summed E-state index contributed by atoms with van der Waals surface area (Å²) in [6.45, 7) is 5.13. The lowest BCUT2D eigenvalue weighted by atomic mass is 10.1. The van der Waals surface area contributed by atoms with E-state index in [9.17, 15) is 22.8 Å². The Labute approximate surface area is 215 Å². The first-order valence-electron chi connectivity index (χ1n) is 11.3. The fourth-order valence-corrected chi connectivity index (χ4v) is 4.50. The monoisotopic (exact) mass is 565 g/mol. The maximum absolute atomic E-state index is 13.5. The number of benzene rings is 2. The number of nitrogens with one attached hydrogen (secondary N) is 1. The molecule has 1 unspecified atom stereocenters. The molecule has 0 heterocycles. The molecule has 0 aliphatic carbocycles. The lowest BCUT2D eigenvalue weighted by Crippen LogP contribution is -2.51. The topological polar surface area (TPSA) is 104 Å². The maximum atomic E-state index is 13.5. The number of anilines is 1. The number of hydrogen-bond acceptors (Lipinski definition) is 5. The number of carbonyl (C=O) groups excluding carboxylic acids is 3. The SMILES string of the molecule is CCCCNC(=O)C(C)N(Cc1ccc(Br)cc1)C(=O)CN(c1cccc(C(C)=O)c1)S(C)(=O)=O. The Morgan fingerprint density at radius 1 is 1.09 bits per heavy atom. The smallest absolute Gasteiger partial charge is 0.244 e. The lowest BCUT2D eigenvalue weighted by molar-refractivity contribution is -0.139. The van der Waals surface area contributed by atoms with Crippen molar-refractivity contribution in [1.82, 2.24) is 10.2 Å². The quantitative estimate of drug-likeness (QED) is 0.312. The summed E-state index contributed by atoms with van der Waals surface area (Å²) in [6.07, 6.45) is 2.73. The van der Waals surface area contributed by atoms with E-state index in [1.807, 2.05) is 31.2 Å². The summed E-state index contributed by atoms with van der Waals surface area (Å²) in [5.74, 6) is -1.07. The van der Waals surface area contributed by atoms with Gasteiger partial charge in [0.1, 0.15) is 12.6 Å². The van der Waals surface area contributed by atoms with Gasteiger partial charge in [0.25, 0.3) is 0 Å². The van der Waals surface area contributed by atoms with Crippen LogP contribution in [0.2, 0.25) is 0 Å². The summed E-state index contributed by atoms with van der Waals surface area (Å²) in [6, 6.07) is 12.6. The van der Waals surface area contributed by atoms with Gasteiger partial charge in [-0.25, -0.2) is 8.42 Å². The van der Waals surface area contributed by atoms with Crippen molar-refractivity contribution in [3.8, 4) is 0 Å². The highest BCUT2D eigenvalue weighted by molar-refractivity contribution is 9.10. The zero-order valence-corrected chi connectivity index (χ0v) is 22.9. The molecular formula is C25H32BrN3O5S. The van der Waals surface area contributed by atoms with E-state index in [1.54, 1.807) is 19.1 Å². The number of sulfonamides is 1. The fraction of sp³-hybridized carbons (Fsp3) is 0.400. The lowest BCUT2D eigenvalue weighted by Gasteiger charge is -2.31. The van der Waals surface area contributed by atoms with Crippen molar-refractivity contribution in [2.24, 2.45) is 0 Å². The number of nitrogens with zero attached hydrogens (tertiary/aromatic N) is 2. The van der Waals surface area contributed by atoms with Crippen molar-refractivity contribution in [2.75, 3.05) is 23.7 Å². The minimum atomic E-state index is -3.86. The largest absolute Gasteiger partial charge is 0.354 e. The number of amides is 2. The van der Waals surface area contributed by atoms with Crippen LogP contribution in [-0.2, 0) is 26.2 Å². The van der Waals surface area contributed by atoms with E-state index in [2.05, 4.69) is 21.2 Å². The summed E-state index contributed by atoms with van der Waals surface area (Å²) >= 11 is 3.38. The molecule has 1 atom stereocenters.